The van der Waals surface area contributed by atoms with Crippen molar-refractivity contribution in [3.05, 3.63) is 76.9 Å². The maximum atomic E-state index is 13.5. The van der Waals surface area contributed by atoms with E-state index < -0.39 is 5.60 Å². The topological polar surface area (TPSA) is 104 Å². The fourth-order valence-corrected chi connectivity index (χ4v) is 6.64. The molecule has 0 saturated carbocycles. The molecule has 7 rings (SSSR count). The molecule has 3 unspecified atom stereocenters. The molecule has 3 aliphatic rings. The smallest absolute Gasteiger partial charge is 0.278 e. The Bertz CT molecular complexity index is 1660. The second-order valence-electron chi connectivity index (χ2n) is 12.0. The van der Waals surface area contributed by atoms with Crippen LogP contribution in [0.4, 0.5) is 17.3 Å². The van der Waals surface area contributed by atoms with Crippen LogP contribution in [0, 0.1) is 11.8 Å². The number of nitrogens with one attached hydrogen (secondary N) is 1. The highest BCUT2D eigenvalue weighted by molar-refractivity contribution is 5.77. The first-order valence-electron chi connectivity index (χ1n) is 14.5. The molecule has 1 aromatic carbocycles. The SMILES string of the molecule is CN1CC2CN(c3ccc(Nc4ncc5c(=O)n6n(c5n4)-c4cccc(n4)C(C)(O)CCC/C=C\C6)cc3)CC2C1. The standard InChI is InChI=1S/C31H36N8O2/c1-31(41)14-5-3-4-6-15-38-29(40)25-16-32-30(35-28(25)39(38)27-9-7-8-26(31)34-27)33-23-10-12-24(13-11-23)37-19-21-17-36(2)18-22(21)20-37/h4,6-13,16,21-22,41H,3,5,14-15,17-20H2,1-2H3,(H,32,33,35)/b6-4-. The molecular weight excluding hydrogens is 516 g/mol. The van der Waals surface area contributed by atoms with Gasteiger partial charge in [-0.1, -0.05) is 18.2 Å². The lowest BCUT2D eigenvalue weighted by Crippen LogP contribution is -2.26. The Balaban J connectivity index is 1.21. The molecule has 212 valence electrons. The second kappa shape index (κ2) is 10.1. The third-order valence-corrected chi connectivity index (χ3v) is 8.82. The van der Waals surface area contributed by atoms with Gasteiger partial charge in [-0.25, -0.2) is 19.3 Å². The Morgan fingerprint density at radius 2 is 1.78 bits per heavy atom. The molecule has 10 nitrogen and oxygen atoms in total. The number of aliphatic hydroxyl groups is 1. The van der Waals surface area contributed by atoms with Gasteiger partial charge >= 0.3 is 0 Å². The summed E-state index contributed by atoms with van der Waals surface area (Å²) in [5.74, 6) is 2.43. The van der Waals surface area contributed by atoms with Crippen LogP contribution in [0.1, 0.15) is 31.9 Å². The van der Waals surface area contributed by atoms with Gasteiger partial charge < -0.3 is 20.2 Å². The summed E-state index contributed by atoms with van der Waals surface area (Å²) in [7, 11) is 2.21. The van der Waals surface area contributed by atoms with Crippen LogP contribution in [0.15, 0.2) is 65.6 Å². The summed E-state index contributed by atoms with van der Waals surface area (Å²) in [6, 6.07) is 13.9. The van der Waals surface area contributed by atoms with Crippen molar-refractivity contribution in [2.24, 2.45) is 11.8 Å². The zero-order chi connectivity index (χ0) is 28.1. The van der Waals surface area contributed by atoms with Crippen molar-refractivity contribution in [2.45, 2.75) is 38.3 Å². The molecule has 2 fully saturated rings. The molecule has 2 saturated heterocycles. The summed E-state index contributed by atoms with van der Waals surface area (Å²) in [5.41, 5.74) is 1.89. The second-order valence-corrected chi connectivity index (χ2v) is 12.0. The molecule has 3 atom stereocenters. The van der Waals surface area contributed by atoms with Gasteiger partial charge in [0.1, 0.15) is 11.0 Å². The van der Waals surface area contributed by atoms with Crippen molar-refractivity contribution in [1.29, 1.82) is 0 Å². The summed E-state index contributed by atoms with van der Waals surface area (Å²) in [4.78, 5) is 32.4. The van der Waals surface area contributed by atoms with Gasteiger partial charge in [0.15, 0.2) is 11.5 Å². The van der Waals surface area contributed by atoms with E-state index in [2.05, 4.69) is 57.5 Å². The Labute approximate surface area is 238 Å². The number of anilines is 3. The molecule has 10 heteroatoms. The van der Waals surface area contributed by atoms with E-state index in [9.17, 15) is 9.90 Å². The molecule has 3 aliphatic heterocycles. The van der Waals surface area contributed by atoms with Crippen molar-refractivity contribution >= 4 is 28.4 Å². The first-order chi connectivity index (χ1) is 19.9. The third-order valence-electron chi connectivity index (χ3n) is 8.82. The van der Waals surface area contributed by atoms with Crippen LogP contribution in [-0.2, 0) is 12.1 Å². The number of fused-ring (bicyclic) bond motifs is 7. The van der Waals surface area contributed by atoms with Gasteiger partial charge in [0.05, 0.1) is 12.2 Å². The van der Waals surface area contributed by atoms with Crippen LogP contribution < -0.4 is 15.8 Å². The Hall–Kier alpha value is -4.02. The van der Waals surface area contributed by atoms with Crippen molar-refractivity contribution < 1.29 is 5.11 Å². The van der Waals surface area contributed by atoms with E-state index >= 15 is 0 Å². The maximum Gasteiger partial charge on any atom is 0.278 e. The number of hydrogen-bond acceptors (Lipinski definition) is 8. The van der Waals surface area contributed by atoms with E-state index in [4.69, 9.17) is 9.97 Å². The number of nitrogens with zero attached hydrogens (tertiary/aromatic N) is 7. The normalized spacial score (nSPS) is 25.4. The zero-order valence-corrected chi connectivity index (χ0v) is 23.6. The van der Waals surface area contributed by atoms with Gasteiger partial charge in [-0.2, -0.15) is 4.98 Å². The van der Waals surface area contributed by atoms with E-state index in [0.717, 1.165) is 43.5 Å². The molecule has 3 aromatic heterocycles. The van der Waals surface area contributed by atoms with Gasteiger partial charge in [0, 0.05) is 43.8 Å². The number of likely N-dealkylation sites (tertiary alicyclic amines) is 1. The summed E-state index contributed by atoms with van der Waals surface area (Å²) in [5, 5.41) is 14.9. The summed E-state index contributed by atoms with van der Waals surface area (Å²) in [6.45, 7) is 6.76. The Morgan fingerprint density at radius 3 is 2.56 bits per heavy atom. The van der Waals surface area contributed by atoms with Crippen molar-refractivity contribution in [1.82, 2.24) is 29.2 Å². The summed E-state index contributed by atoms with van der Waals surface area (Å²) in [6.07, 6.45) is 7.85. The van der Waals surface area contributed by atoms with Crippen LogP contribution in [-0.4, -0.2) is 67.5 Å². The fourth-order valence-electron chi connectivity index (χ4n) is 6.64. The molecule has 2 N–H and O–H groups in total. The van der Waals surface area contributed by atoms with Crippen molar-refractivity contribution in [2.75, 3.05) is 43.4 Å². The first-order valence-corrected chi connectivity index (χ1v) is 14.5. The number of hydrogen-bond donors (Lipinski definition) is 2. The molecule has 4 aromatic rings. The summed E-state index contributed by atoms with van der Waals surface area (Å²) >= 11 is 0. The largest absolute Gasteiger partial charge is 0.384 e. The van der Waals surface area contributed by atoms with E-state index in [0.29, 0.717) is 41.5 Å². The fraction of sp³-hybridized carbons (Fsp3) is 0.419. The molecule has 2 bridgehead atoms. The van der Waals surface area contributed by atoms with E-state index in [-0.39, 0.29) is 5.56 Å². The van der Waals surface area contributed by atoms with E-state index in [1.807, 2.05) is 24.3 Å². The summed E-state index contributed by atoms with van der Waals surface area (Å²) < 4.78 is 3.36. The van der Waals surface area contributed by atoms with E-state index in [1.165, 1.54) is 18.8 Å². The average molecular weight is 553 g/mol. The van der Waals surface area contributed by atoms with Crippen molar-refractivity contribution in [3.8, 4) is 5.82 Å². The Morgan fingerprint density at radius 1 is 1.00 bits per heavy atom. The highest BCUT2D eigenvalue weighted by Gasteiger charge is 2.38. The number of rotatable bonds is 3. The Kier molecular flexibility index (Phi) is 6.39. The number of allylic oxidation sites excluding steroid dienone is 2. The number of benzene rings is 1. The lowest BCUT2D eigenvalue weighted by atomic mass is 9.94. The lowest BCUT2D eigenvalue weighted by molar-refractivity contribution is 0.0413. The highest BCUT2D eigenvalue weighted by Crippen LogP contribution is 2.34. The zero-order valence-electron chi connectivity index (χ0n) is 23.6. The van der Waals surface area contributed by atoms with Crippen LogP contribution in [0.3, 0.4) is 0 Å². The molecule has 0 amide bonds. The maximum absolute atomic E-state index is 13.5. The minimum atomic E-state index is -1.07. The predicted octanol–water partition coefficient (Wildman–Crippen LogP) is 3.67. The molecule has 0 radical (unpaired) electrons. The minimum Gasteiger partial charge on any atom is -0.384 e. The number of pyridine rings is 1. The predicted molar refractivity (Wildman–Crippen MR) is 160 cm³/mol. The quantitative estimate of drug-likeness (QED) is 0.371. The monoisotopic (exact) mass is 552 g/mol. The lowest BCUT2D eigenvalue weighted by Gasteiger charge is -2.23. The molecule has 0 aliphatic carbocycles. The van der Waals surface area contributed by atoms with Crippen LogP contribution in [0.5, 0.6) is 0 Å². The molecule has 6 heterocycles. The highest BCUT2D eigenvalue weighted by atomic mass is 16.3. The van der Waals surface area contributed by atoms with Gasteiger partial charge in [0.25, 0.3) is 5.56 Å². The van der Waals surface area contributed by atoms with Crippen LogP contribution in [0.2, 0.25) is 0 Å². The van der Waals surface area contributed by atoms with Gasteiger partial charge in [-0.15, -0.1) is 0 Å². The van der Waals surface area contributed by atoms with Crippen molar-refractivity contribution in [3.63, 3.8) is 0 Å². The van der Waals surface area contributed by atoms with Crippen LogP contribution >= 0.6 is 0 Å². The van der Waals surface area contributed by atoms with Gasteiger partial charge in [-0.3, -0.25) is 4.79 Å². The third kappa shape index (κ3) is 4.81. The molecular formula is C31H36N8O2. The minimum absolute atomic E-state index is 0.182. The van der Waals surface area contributed by atoms with E-state index in [1.54, 1.807) is 22.5 Å². The van der Waals surface area contributed by atoms with Gasteiger partial charge in [0.2, 0.25) is 5.95 Å². The number of aromatic nitrogens is 5. The average Bonchev–Trinajstić information content (AvgIpc) is 3.60. The van der Waals surface area contributed by atoms with Crippen LogP contribution in [0.25, 0.3) is 16.9 Å². The molecule has 41 heavy (non-hydrogen) atoms. The molecule has 0 spiro atoms. The van der Waals surface area contributed by atoms with Gasteiger partial charge in [-0.05, 0) is 81.5 Å². The first kappa shape index (κ1) is 25.9.